The van der Waals surface area contributed by atoms with Crippen molar-refractivity contribution in [2.75, 3.05) is 0 Å². The van der Waals surface area contributed by atoms with Gasteiger partial charge in [-0.1, -0.05) is 96.1 Å². The maximum absolute atomic E-state index is 11.4. The smallest absolute Gasteiger partial charge is 0.140 e. The number of carbonyl (C=O) groups is 2. The van der Waals surface area contributed by atoms with Crippen LogP contribution in [0, 0.1) is 0 Å². The Morgan fingerprint density at radius 3 is 1.44 bits per heavy atom. The molecule has 158 valence electrons. The van der Waals surface area contributed by atoms with Gasteiger partial charge in [0, 0.05) is 6.42 Å². The second-order valence-electron chi connectivity index (χ2n) is 8.17. The molecule has 0 rings (SSSR count). The molecule has 0 saturated carbocycles. The van der Waals surface area contributed by atoms with Gasteiger partial charge in [0.1, 0.15) is 11.6 Å². The first-order valence-corrected chi connectivity index (χ1v) is 11.8. The van der Waals surface area contributed by atoms with Crippen LogP contribution in [0.25, 0.3) is 0 Å². The van der Waals surface area contributed by atoms with E-state index < -0.39 is 0 Å². The van der Waals surface area contributed by atoms with Crippen LogP contribution in [0.5, 0.6) is 0 Å². The van der Waals surface area contributed by atoms with Crippen molar-refractivity contribution in [1.29, 1.82) is 0 Å². The van der Waals surface area contributed by atoms with Gasteiger partial charge in [-0.2, -0.15) is 0 Å². The molecule has 0 aromatic rings. The summed E-state index contributed by atoms with van der Waals surface area (Å²) in [7, 11) is 0. The zero-order chi connectivity index (χ0) is 20.0. The Hall–Kier alpha value is -0.920. The quantitative estimate of drug-likeness (QED) is 0.115. The van der Waals surface area contributed by atoms with Gasteiger partial charge in [0.2, 0.25) is 0 Å². The minimum atomic E-state index is -0.00621. The van der Waals surface area contributed by atoms with Crippen LogP contribution in [0.15, 0.2) is 12.2 Å². The summed E-state index contributed by atoms with van der Waals surface area (Å²) in [5, 5.41) is 0. The molecular formula is C25H46O2. The maximum atomic E-state index is 11.4. The highest BCUT2D eigenvalue weighted by atomic mass is 16.1. The van der Waals surface area contributed by atoms with Gasteiger partial charge >= 0.3 is 0 Å². The minimum Gasteiger partial charge on any atom is -0.300 e. The van der Waals surface area contributed by atoms with Gasteiger partial charge < -0.3 is 0 Å². The second-order valence-corrected chi connectivity index (χ2v) is 8.17. The van der Waals surface area contributed by atoms with E-state index in [2.05, 4.69) is 19.1 Å². The zero-order valence-electron chi connectivity index (χ0n) is 18.4. The summed E-state index contributed by atoms with van der Waals surface area (Å²) in [6, 6.07) is 0. The Labute approximate surface area is 169 Å². The van der Waals surface area contributed by atoms with Gasteiger partial charge in [-0.05, 0) is 39.0 Å². The summed E-state index contributed by atoms with van der Waals surface area (Å²) in [6.45, 7) is 3.76. The van der Waals surface area contributed by atoms with Crippen molar-refractivity contribution < 1.29 is 9.59 Å². The Balaban J connectivity index is 3.15. The lowest BCUT2D eigenvalue weighted by Gasteiger charge is -2.02. The van der Waals surface area contributed by atoms with Crippen molar-refractivity contribution in [2.24, 2.45) is 0 Å². The van der Waals surface area contributed by atoms with Gasteiger partial charge in [0.05, 0.1) is 6.42 Å². The van der Waals surface area contributed by atoms with Crippen LogP contribution in [0.1, 0.15) is 136 Å². The molecule has 0 aromatic heterocycles. The third-order valence-corrected chi connectivity index (χ3v) is 5.16. The van der Waals surface area contributed by atoms with E-state index in [0.29, 0.717) is 6.42 Å². The van der Waals surface area contributed by atoms with Gasteiger partial charge in [-0.15, -0.1) is 0 Å². The SMILES string of the molecule is CCCCCCCCC=CCCCCCCCCCCCC(=O)CC(C)=O. The van der Waals surface area contributed by atoms with Crippen LogP contribution >= 0.6 is 0 Å². The molecule has 27 heavy (non-hydrogen) atoms. The third-order valence-electron chi connectivity index (χ3n) is 5.16. The Kier molecular flexibility index (Phi) is 20.7. The molecule has 0 amide bonds. The molecule has 0 radical (unpaired) electrons. The highest BCUT2D eigenvalue weighted by molar-refractivity contribution is 5.97. The molecule has 0 unspecified atom stereocenters. The largest absolute Gasteiger partial charge is 0.300 e. The first-order valence-electron chi connectivity index (χ1n) is 11.8. The monoisotopic (exact) mass is 378 g/mol. The summed E-state index contributed by atoms with van der Waals surface area (Å²) in [5.41, 5.74) is 0. The number of allylic oxidation sites excluding steroid dienone is 2. The number of ketones is 2. The molecule has 0 aliphatic carbocycles. The summed E-state index contributed by atoms with van der Waals surface area (Å²) < 4.78 is 0. The molecule has 0 heterocycles. The van der Waals surface area contributed by atoms with Crippen molar-refractivity contribution in [3.8, 4) is 0 Å². The average Bonchev–Trinajstić information content (AvgIpc) is 2.63. The molecule has 0 fully saturated rings. The van der Waals surface area contributed by atoms with Crippen molar-refractivity contribution >= 4 is 11.6 Å². The predicted molar refractivity (Wildman–Crippen MR) is 118 cm³/mol. The highest BCUT2D eigenvalue weighted by Crippen LogP contribution is 2.12. The lowest BCUT2D eigenvalue weighted by Crippen LogP contribution is -2.03. The fourth-order valence-corrected chi connectivity index (χ4v) is 3.47. The summed E-state index contributed by atoms with van der Waals surface area (Å²) >= 11 is 0. The van der Waals surface area contributed by atoms with Crippen LogP contribution in [-0.4, -0.2) is 11.6 Å². The van der Waals surface area contributed by atoms with Gasteiger partial charge in [0.15, 0.2) is 0 Å². The number of rotatable bonds is 21. The first kappa shape index (κ1) is 26.1. The van der Waals surface area contributed by atoms with E-state index in [-0.39, 0.29) is 18.0 Å². The van der Waals surface area contributed by atoms with Crippen LogP contribution in [0.2, 0.25) is 0 Å². The van der Waals surface area contributed by atoms with E-state index in [1.54, 1.807) is 0 Å². The highest BCUT2D eigenvalue weighted by Gasteiger charge is 2.04. The minimum absolute atomic E-state index is 0.00621. The Bertz CT molecular complexity index is 371. The fraction of sp³-hybridized carbons (Fsp3) is 0.840. The van der Waals surface area contributed by atoms with Crippen LogP contribution in [0.3, 0.4) is 0 Å². The maximum Gasteiger partial charge on any atom is 0.140 e. The van der Waals surface area contributed by atoms with E-state index in [1.807, 2.05) is 0 Å². The fourth-order valence-electron chi connectivity index (χ4n) is 3.47. The molecular weight excluding hydrogens is 332 g/mol. The molecule has 0 N–H and O–H groups in total. The second kappa shape index (κ2) is 21.4. The molecule has 0 aliphatic rings. The zero-order valence-corrected chi connectivity index (χ0v) is 18.4. The Morgan fingerprint density at radius 2 is 1.00 bits per heavy atom. The van der Waals surface area contributed by atoms with E-state index in [4.69, 9.17) is 0 Å². The number of carbonyl (C=O) groups excluding carboxylic acids is 2. The van der Waals surface area contributed by atoms with Crippen molar-refractivity contribution in [3.63, 3.8) is 0 Å². The van der Waals surface area contributed by atoms with E-state index in [9.17, 15) is 9.59 Å². The van der Waals surface area contributed by atoms with E-state index in [0.717, 1.165) is 12.8 Å². The lowest BCUT2D eigenvalue weighted by atomic mass is 10.0. The normalized spacial score (nSPS) is 11.3. The van der Waals surface area contributed by atoms with Crippen molar-refractivity contribution in [2.45, 2.75) is 136 Å². The Morgan fingerprint density at radius 1 is 0.593 bits per heavy atom. The lowest BCUT2D eigenvalue weighted by molar-refractivity contribution is -0.125. The molecule has 0 bridgehead atoms. The van der Waals surface area contributed by atoms with E-state index >= 15 is 0 Å². The summed E-state index contributed by atoms with van der Waals surface area (Å²) in [5.74, 6) is 0.108. The van der Waals surface area contributed by atoms with Gasteiger partial charge in [-0.25, -0.2) is 0 Å². The standard InChI is InChI=1S/C25H46O2/c1-3-4-5-6-7-8-9-10-11-12-13-14-15-16-17-18-19-20-21-22-25(27)23-24(2)26/h10-11H,3-9,12-23H2,1-2H3. The van der Waals surface area contributed by atoms with E-state index in [1.165, 1.54) is 103 Å². The predicted octanol–water partition coefficient (Wildman–Crippen LogP) is 8.13. The molecule has 0 aliphatic heterocycles. The third kappa shape index (κ3) is 23.0. The van der Waals surface area contributed by atoms with Crippen LogP contribution in [-0.2, 0) is 9.59 Å². The first-order chi connectivity index (χ1) is 13.2. The molecule has 0 aromatic carbocycles. The molecule has 0 atom stereocenters. The number of hydrogen-bond donors (Lipinski definition) is 0. The number of unbranched alkanes of at least 4 members (excludes halogenated alkanes) is 15. The van der Waals surface area contributed by atoms with Crippen molar-refractivity contribution in [1.82, 2.24) is 0 Å². The molecule has 0 saturated heterocycles. The summed E-state index contributed by atoms with van der Waals surface area (Å²) in [6.07, 6.45) is 27.7. The number of Topliss-reactive ketones (excluding diaryl/α,β-unsaturated/α-hetero) is 2. The molecule has 0 spiro atoms. The molecule has 2 nitrogen and oxygen atoms in total. The van der Waals surface area contributed by atoms with Crippen molar-refractivity contribution in [3.05, 3.63) is 12.2 Å². The molecule has 2 heteroatoms. The van der Waals surface area contributed by atoms with Crippen LogP contribution in [0.4, 0.5) is 0 Å². The number of hydrogen-bond acceptors (Lipinski definition) is 2. The van der Waals surface area contributed by atoms with Crippen LogP contribution < -0.4 is 0 Å². The topological polar surface area (TPSA) is 34.1 Å². The average molecular weight is 379 g/mol. The van der Waals surface area contributed by atoms with Gasteiger partial charge in [-0.3, -0.25) is 9.59 Å². The van der Waals surface area contributed by atoms with Gasteiger partial charge in [0.25, 0.3) is 0 Å². The summed E-state index contributed by atoms with van der Waals surface area (Å²) in [4.78, 5) is 22.2.